The quantitative estimate of drug-likeness (QED) is 0.692. The molecular weight excluding hydrogens is 197 g/mol. The fourth-order valence-electron chi connectivity index (χ4n) is 0.973. The normalized spacial score (nSPS) is 8.67. The highest BCUT2D eigenvalue weighted by Crippen LogP contribution is 2.10. The van der Waals surface area contributed by atoms with Gasteiger partial charge in [0.25, 0.3) is 0 Å². The van der Waals surface area contributed by atoms with Gasteiger partial charge in [0.05, 0.1) is 11.0 Å². The number of nitrogens with zero attached hydrogens (tertiary/aromatic N) is 1. The highest BCUT2D eigenvalue weighted by atomic mass is 35.5. The molecule has 0 unspecified atom stereocenters. The molecule has 0 bridgehead atoms. The topological polar surface area (TPSA) is 54.7 Å². The minimum atomic E-state index is 0. The number of aromatic nitrogens is 2. The summed E-state index contributed by atoms with van der Waals surface area (Å²) in [6.07, 6.45) is 0. The van der Waals surface area contributed by atoms with Crippen LogP contribution in [0.2, 0.25) is 0 Å². The molecule has 0 aliphatic rings. The molecule has 0 amide bonds. The van der Waals surface area contributed by atoms with Gasteiger partial charge in [-0.1, -0.05) is 12.1 Å². The van der Waals surface area contributed by atoms with Crippen LogP contribution in [0.4, 0.5) is 5.95 Å². The van der Waals surface area contributed by atoms with Crippen LogP contribution in [0, 0.1) is 0 Å². The summed E-state index contributed by atoms with van der Waals surface area (Å²) in [6, 6.07) is 7.74. The van der Waals surface area contributed by atoms with Gasteiger partial charge in [0.2, 0.25) is 0 Å². The number of anilines is 1. The zero-order valence-electron chi connectivity index (χ0n) is 6.15. The maximum atomic E-state index is 5.42. The van der Waals surface area contributed by atoms with Crippen molar-refractivity contribution in [2.45, 2.75) is 0 Å². The molecule has 0 aliphatic carbocycles. The van der Waals surface area contributed by atoms with E-state index in [0.717, 1.165) is 11.0 Å². The van der Waals surface area contributed by atoms with E-state index >= 15 is 0 Å². The molecule has 0 saturated heterocycles. The lowest BCUT2D eigenvalue weighted by Gasteiger charge is -1.81. The highest BCUT2D eigenvalue weighted by molar-refractivity contribution is 5.85. The van der Waals surface area contributed by atoms with E-state index in [1.165, 1.54) is 0 Å². The maximum Gasteiger partial charge on any atom is 0.198 e. The molecule has 12 heavy (non-hydrogen) atoms. The van der Waals surface area contributed by atoms with E-state index in [-0.39, 0.29) is 24.8 Å². The molecule has 0 radical (unpaired) electrons. The summed E-state index contributed by atoms with van der Waals surface area (Å²) in [4.78, 5) is 6.96. The van der Waals surface area contributed by atoms with Crippen molar-refractivity contribution in [2.75, 3.05) is 5.73 Å². The van der Waals surface area contributed by atoms with E-state index in [0.29, 0.717) is 5.95 Å². The number of nitrogens with one attached hydrogen (secondary N) is 1. The summed E-state index contributed by atoms with van der Waals surface area (Å²) in [5, 5.41) is 0. The van der Waals surface area contributed by atoms with E-state index in [2.05, 4.69) is 9.97 Å². The number of imidazole rings is 1. The molecule has 3 nitrogen and oxygen atoms in total. The predicted molar refractivity (Wildman–Crippen MR) is 55.0 cm³/mol. The molecule has 0 aliphatic heterocycles. The average molecular weight is 206 g/mol. The molecule has 2 rings (SSSR count). The van der Waals surface area contributed by atoms with E-state index in [9.17, 15) is 0 Å². The van der Waals surface area contributed by atoms with Crippen LogP contribution in [-0.2, 0) is 0 Å². The van der Waals surface area contributed by atoms with Crippen molar-refractivity contribution in [3.63, 3.8) is 0 Å². The van der Waals surface area contributed by atoms with Gasteiger partial charge in [-0.05, 0) is 12.1 Å². The van der Waals surface area contributed by atoms with Crippen molar-refractivity contribution in [2.24, 2.45) is 0 Å². The number of benzene rings is 1. The minimum Gasteiger partial charge on any atom is -0.369 e. The molecule has 3 N–H and O–H groups in total. The summed E-state index contributed by atoms with van der Waals surface area (Å²) < 4.78 is 0. The zero-order chi connectivity index (χ0) is 6.97. The number of halogens is 2. The third-order valence-corrected chi connectivity index (χ3v) is 1.41. The lowest BCUT2D eigenvalue weighted by atomic mass is 10.3. The van der Waals surface area contributed by atoms with Crippen LogP contribution in [0.5, 0.6) is 0 Å². The zero-order valence-corrected chi connectivity index (χ0v) is 7.78. The Hall–Kier alpha value is -0.930. The molecular formula is C7H9Cl2N3. The van der Waals surface area contributed by atoms with Gasteiger partial charge in [-0.3, -0.25) is 0 Å². The second kappa shape index (κ2) is 4.18. The standard InChI is InChI=1S/C7H7N3.2ClH/c8-7-9-5-3-1-2-4-6(5)10-7;;/h1-4H,(H3,8,9,10);2*1H. The Morgan fingerprint density at radius 3 is 2.50 bits per heavy atom. The molecule has 2 aromatic rings. The average Bonchev–Trinajstić information content (AvgIpc) is 2.27. The van der Waals surface area contributed by atoms with Crippen molar-refractivity contribution in [3.8, 4) is 0 Å². The summed E-state index contributed by atoms with van der Waals surface area (Å²) in [5.74, 6) is 0.473. The van der Waals surface area contributed by atoms with Crippen LogP contribution in [0.3, 0.4) is 0 Å². The number of H-pyrrole nitrogens is 1. The van der Waals surface area contributed by atoms with Gasteiger partial charge in [-0.15, -0.1) is 24.8 Å². The Morgan fingerprint density at radius 1 is 1.17 bits per heavy atom. The third kappa shape index (κ3) is 1.81. The lowest BCUT2D eigenvalue weighted by molar-refractivity contribution is 1.35. The van der Waals surface area contributed by atoms with E-state index in [4.69, 9.17) is 5.73 Å². The number of hydrogen-bond acceptors (Lipinski definition) is 2. The third-order valence-electron chi connectivity index (χ3n) is 1.41. The molecule has 0 atom stereocenters. The molecule has 1 aromatic carbocycles. The monoisotopic (exact) mass is 205 g/mol. The molecule has 0 spiro atoms. The van der Waals surface area contributed by atoms with Gasteiger partial charge in [0, 0.05) is 0 Å². The van der Waals surface area contributed by atoms with Gasteiger partial charge >= 0.3 is 0 Å². The lowest BCUT2D eigenvalue weighted by Crippen LogP contribution is -1.84. The number of fused-ring (bicyclic) bond motifs is 1. The van der Waals surface area contributed by atoms with Crippen LogP contribution < -0.4 is 5.73 Å². The Labute approximate surface area is 82.2 Å². The maximum absolute atomic E-state index is 5.42. The minimum absolute atomic E-state index is 0. The SMILES string of the molecule is Cl.Cl.Nc1nc2ccccc2[nH]1. The van der Waals surface area contributed by atoms with Gasteiger partial charge < -0.3 is 10.7 Å². The van der Waals surface area contributed by atoms with Gasteiger partial charge in [-0.25, -0.2) is 4.98 Å². The summed E-state index contributed by atoms with van der Waals surface area (Å²) >= 11 is 0. The summed E-state index contributed by atoms with van der Waals surface area (Å²) in [6.45, 7) is 0. The van der Waals surface area contributed by atoms with Crippen LogP contribution in [0.1, 0.15) is 0 Å². The van der Waals surface area contributed by atoms with Crippen molar-refractivity contribution < 1.29 is 0 Å². The first-order valence-corrected chi connectivity index (χ1v) is 3.06. The Bertz CT molecular complexity index is 325. The van der Waals surface area contributed by atoms with Gasteiger partial charge in [0.1, 0.15) is 0 Å². The highest BCUT2D eigenvalue weighted by Gasteiger charge is 1.94. The van der Waals surface area contributed by atoms with Crippen LogP contribution in [0.15, 0.2) is 24.3 Å². The molecule has 0 fully saturated rings. The smallest absolute Gasteiger partial charge is 0.198 e. The number of para-hydroxylation sites is 2. The second-order valence-corrected chi connectivity index (χ2v) is 2.14. The molecule has 66 valence electrons. The van der Waals surface area contributed by atoms with Crippen LogP contribution in [0.25, 0.3) is 11.0 Å². The van der Waals surface area contributed by atoms with Crippen molar-refractivity contribution in [1.29, 1.82) is 0 Å². The van der Waals surface area contributed by atoms with Gasteiger partial charge in [-0.2, -0.15) is 0 Å². The number of nitrogens with two attached hydrogens (primary N) is 1. The molecule has 1 heterocycles. The van der Waals surface area contributed by atoms with Crippen molar-refractivity contribution in [3.05, 3.63) is 24.3 Å². The molecule has 5 heteroatoms. The van der Waals surface area contributed by atoms with Crippen molar-refractivity contribution >= 4 is 41.8 Å². The first-order valence-electron chi connectivity index (χ1n) is 3.06. The first-order chi connectivity index (χ1) is 4.86. The predicted octanol–water partition coefficient (Wildman–Crippen LogP) is 1.99. The molecule has 0 saturated carbocycles. The van der Waals surface area contributed by atoms with Crippen LogP contribution >= 0.6 is 24.8 Å². The summed E-state index contributed by atoms with van der Waals surface area (Å²) in [5.41, 5.74) is 7.33. The molecule has 1 aromatic heterocycles. The van der Waals surface area contributed by atoms with E-state index in [1.54, 1.807) is 0 Å². The van der Waals surface area contributed by atoms with Gasteiger partial charge in [0.15, 0.2) is 5.95 Å². The second-order valence-electron chi connectivity index (χ2n) is 2.14. The number of aromatic amines is 1. The summed E-state index contributed by atoms with van der Waals surface area (Å²) in [7, 11) is 0. The Morgan fingerprint density at radius 2 is 1.83 bits per heavy atom. The Kier molecular flexibility index (Phi) is 3.86. The Balaban J connectivity index is 0.000000605. The van der Waals surface area contributed by atoms with Crippen molar-refractivity contribution in [1.82, 2.24) is 9.97 Å². The van der Waals surface area contributed by atoms with E-state index < -0.39 is 0 Å². The van der Waals surface area contributed by atoms with Crippen LogP contribution in [-0.4, -0.2) is 9.97 Å². The number of rotatable bonds is 0. The fraction of sp³-hybridized carbons (Fsp3) is 0. The van der Waals surface area contributed by atoms with E-state index in [1.807, 2.05) is 24.3 Å². The first kappa shape index (κ1) is 11.1. The number of hydrogen-bond donors (Lipinski definition) is 2. The number of nitrogen functional groups attached to an aromatic ring is 1. The fourth-order valence-corrected chi connectivity index (χ4v) is 0.973. The largest absolute Gasteiger partial charge is 0.369 e.